The number of fused-ring (bicyclic) bond motifs is 2. The molecule has 3 aliphatic rings. The van der Waals surface area contributed by atoms with Crippen LogP contribution in [-0.4, -0.2) is 40.1 Å². The molecule has 1 saturated heterocycles. The maximum absolute atomic E-state index is 13.3. The van der Waals surface area contributed by atoms with Crippen molar-refractivity contribution < 1.29 is 19.1 Å². The number of nitrogens with zero attached hydrogens (tertiary/aromatic N) is 2. The number of nitrogens with one attached hydrogen (secondary N) is 1. The zero-order chi connectivity index (χ0) is 26.2. The van der Waals surface area contributed by atoms with Crippen molar-refractivity contribution in [3.8, 4) is 5.75 Å². The Morgan fingerprint density at radius 3 is 2.53 bits per heavy atom. The fraction of sp³-hybridized carbons (Fsp3) is 0.258. The van der Waals surface area contributed by atoms with Crippen LogP contribution in [0.3, 0.4) is 0 Å². The van der Waals surface area contributed by atoms with Gasteiger partial charge in [-0.1, -0.05) is 61.2 Å². The van der Waals surface area contributed by atoms with Gasteiger partial charge in [-0.2, -0.15) is 0 Å². The lowest BCUT2D eigenvalue weighted by Gasteiger charge is -2.29. The second kappa shape index (κ2) is 9.91. The molecule has 0 aromatic heterocycles. The van der Waals surface area contributed by atoms with E-state index >= 15 is 0 Å². The van der Waals surface area contributed by atoms with Crippen molar-refractivity contribution in [2.24, 2.45) is 0 Å². The molecule has 0 spiro atoms. The third-order valence-electron chi connectivity index (χ3n) is 7.54. The second-order valence-corrected chi connectivity index (χ2v) is 10.1. The van der Waals surface area contributed by atoms with E-state index in [-0.39, 0.29) is 23.6 Å². The van der Waals surface area contributed by atoms with E-state index in [9.17, 15) is 14.4 Å². The second-order valence-electron chi connectivity index (χ2n) is 10.1. The number of carbonyl (C=O) groups is 3. The number of hydrogen-bond acceptors (Lipinski definition) is 5. The Kier molecular flexibility index (Phi) is 6.29. The lowest BCUT2D eigenvalue weighted by atomic mass is 9.99. The molecule has 3 amide bonds. The van der Waals surface area contributed by atoms with Crippen molar-refractivity contribution in [2.75, 3.05) is 6.54 Å². The van der Waals surface area contributed by atoms with Crippen LogP contribution in [0.2, 0.25) is 0 Å². The van der Waals surface area contributed by atoms with Gasteiger partial charge in [-0.25, -0.2) is 0 Å². The Hall–Kier alpha value is -4.23. The molecule has 6 rings (SSSR count). The van der Waals surface area contributed by atoms with Gasteiger partial charge < -0.3 is 10.1 Å². The third kappa shape index (κ3) is 4.50. The number of piperidine rings is 1. The minimum atomic E-state index is -0.848. The molecule has 3 aromatic rings. The third-order valence-corrected chi connectivity index (χ3v) is 7.54. The van der Waals surface area contributed by atoms with Crippen LogP contribution >= 0.6 is 0 Å². The smallest absolute Gasteiger partial charge is 0.266 e. The average molecular weight is 508 g/mol. The van der Waals surface area contributed by atoms with Crippen LogP contribution in [0.15, 0.2) is 79.0 Å². The summed E-state index contributed by atoms with van der Waals surface area (Å²) >= 11 is 0. The first-order valence-corrected chi connectivity index (χ1v) is 13.0. The molecule has 1 atom stereocenters. The van der Waals surface area contributed by atoms with Crippen molar-refractivity contribution in [3.05, 3.63) is 112 Å². The van der Waals surface area contributed by atoms with Crippen LogP contribution in [0.25, 0.3) is 0 Å². The van der Waals surface area contributed by atoms with E-state index in [1.807, 2.05) is 12.1 Å². The van der Waals surface area contributed by atoms with Crippen molar-refractivity contribution in [3.63, 3.8) is 0 Å². The average Bonchev–Trinajstić information content (AvgIpc) is 3.18. The summed E-state index contributed by atoms with van der Waals surface area (Å²) in [5, 5.41) is 2.66. The lowest BCUT2D eigenvalue weighted by Crippen LogP contribution is -2.51. The van der Waals surface area contributed by atoms with Gasteiger partial charge in [0.1, 0.15) is 18.4 Å². The number of amides is 3. The zero-order valence-electron chi connectivity index (χ0n) is 21.1. The molecule has 0 aliphatic carbocycles. The van der Waals surface area contributed by atoms with Gasteiger partial charge >= 0.3 is 0 Å². The van der Waals surface area contributed by atoms with Gasteiger partial charge in [0.05, 0.1) is 11.1 Å². The molecular formula is C31H29N3O4. The van der Waals surface area contributed by atoms with Crippen LogP contribution in [0.1, 0.15) is 55.8 Å². The molecule has 3 heterocycles. The Morgan fingerprint density at radius 1 is 0.895 bits per heavy atom. The van der Waals surface area contributed by atoms with Gasteiger partial charge in [0.2, 0.25) is 5.91 Å². The van der Waals surface area contributed by atoms with Crippen LogP contribution in [0, 0.1) is 0 Å². The summed E-state index contributed by atoms with van der Waals surface area (Å²) in [6, 6.07) is 21.0. The van der Waals surface area contributed by atoms with E-state index in [4.69, 9.17) is 4.74 Å². The molecule has 7 nitrogen and oxygen atoms in total. The van der Waals surface area contributed by atoms with Gasteiger partial charge in [0.25, 0.3) is 11.8 Å². The van der Waals surface area contributed by atoms with E-state index in [1.165, 1.54) is 16.7 Å². The number of imide groups is 1. The number of rotatable bonds is 6. The summed E-state index contributed by atoms with van der Waals surface area (Å²) in [7, 11) is 0. The summed E-state index contributed by atoms with van der Waals surface area (Å²) in [4.78, 5) is 42.5. The molecule has 0 bridgehead atoms. The van der Waals surface area contributed by atoms with E-state index in [2.05, 4.69) is 53.2 Å². The Balaban J connectivity index is 1.15. The largest absolute Gasteiger partial charge is 0.488 e. The lowest BCUT2D eigenvalue weighted by molar-refractivity contribution is -0.125. The maximum atomic E-state index is 13.3. The Morgan fingerprint density at radius 2 is 1.68 bits per heavy atom. The number of allylic oxidation sites excluding steroid dienone is 1. The van der Waals surface area contributed by atoms with Crippen molar-refractivity contribution in [1.29, 1.82) is 0 Å². The number of hydrogen-bond donors (Lipinski definition) is 1. The van der Waals surface area contributed by atoms with Gasteiger partial charge in [-0.3, -0.25) is 24.2 Å². The molecule has 192 valence electrons. The van der Waals surface area contributed by atoms with Crippen molar-refractivity contribution in [1.82, 2.24) is 15.1 Å². The topological polar surface area (TPSA) is 79.0 Å². The van der Waals surface area contributed by atoms with Gasteiger partial charge in [0, 0.05) is 25.3 Å². The Bertz CT molecular complexity index is 1460. The van der Waals surface area contributed by atoms with Crippen LogP contribution in [0.5, 0.6) is 5.75 Å². The summed E-state index contributed by atoms with van der Waals surface area (Å²) in [5.74, 6) is -0.991. The van der Waals surface area contributed by atoms with E-state index in [1.54, 1.807) is 18.2 Å². The van der Waals surface area contributed by atoms with Crippen molar-refractivity contribution in [2.45, 2.75) is 45.0 Å². The Labute approximate surface area is 221 Å². The van der Waals surface area contributed by atoms with Crippen LogP contribution in [-0.2, 0) is 30.9 Å². The van der Waals surface area contributed by atoms with E-state index in [0.717, 1.165) is 36.5 Å². The number of benzene rings is 3. The normalized spacial score (nSPS) is 19.3. The number of carbonyl (C=O) groups excluding carboxylic acids is 3. The highest BCUT2D eigenvalue weighted by Gasteiger charge is 2.45. The predicted molar refractivity (Wildman–Crippen MR) is 142 cm³/mol. The molecule has 0 radical (unpaired) electrons. The molecule has 7 heteroatoms. The molecule has 3 aromatic carbocycles. The van der Waals surface area contributed by atoms with Crippen molar-refractivity contribution >= 4 is 17.7 Å². The predicted octanol–water partition coefficient (Wildman–Crippen LogP) is 4.21. The molecule has 1 fully saturated rings. The summed E-state index contributed by atoms with van der Waals surface area (Å²) < 4.78 is 6.10. The molecule has 1 N–H and O–H groups in total. The van der Waals surface area contributed by atoms with E-state index in [0.29, 0.717) is 24.3 Å². The highest BCUT2D eigenvalue weighted by Crippen LogP contribution is 2.34. The quantitative estimate of drug-likeness (QED) is 0.506. The first-order chi connectivity index (χ1) is 18.5. The van der Waals surface area contributed by atoms with Crippen LogP contribution in [0.4, 0.5) is 0 Å². The summed E-state index contributed by atoms with van der Waals surface area (Å²) in [6.07, 6.45) is 1.94. The highest BCUT2D eigenvalue weighted by atomic mass is 16.5. The molecule has 0 saturated carbocycles. The standard InChI is InChI=1S/C31H29N3O4/c1-20-12-13-26(29(35)32-20)34-30(36)25-10-5-11-27(28(25)31(34)37)38-19-22-7-4-6-21(16-22)17-33-15-14-23-8-2-3-9-24(23)18-33/h2-11,16,26H,1,12-15,17-19H2,(H,32,35). The maximum Gasteiger partial charge on any atom is 0.266 e. The van der Waals surface area contributed by atoms with E-state index < -0.39 is 17.9 Å². The minimum Gasteiger partial charge on any atom is -0.488 e. The fourth-order valence-corrected chi connectivity index (χ4v) is 5.61. The minimum absolute atomic E-state index is 0.220. The van der Waals surface area contributed by atoms with Crippen LogP contribution < -0.4 is 10.1 Å². The van der Waals surface area contributed by atoms with Gasteiger partial charge in [-0.05, 0) is 53.6 Å². The molecule has 1 unspecified atom stereocenters. The first-order valence-electron chi connectivity index (χ1n) is 13.0. The van der Waals surface area contributed by atoms with Gasteiger partial charge in [-0.15, -0.1) is 0 Å². The zero-order valence-corrected chi connectivity index (χ0v) is 21.1. The first kappa shape index (κ1) is 24.1. The van der Waals surface area contributed by atoms with Gasteiger partial charge in [0.15, 0.2) is 0 Å². The molecule has 38 heavy (non-hydrogen) atoms. The monoisotopic (exact) mass is 507 g/mol. The molecule has 3 aliphatic heterocycles. The highest BCUT2D eigenvalue weighted by molar-refractivity contribution is 6.24. The summed E-state index contributed by atoms with van der Waals surface area (Å²) in [6.45, 7) is 6.84. The number of ether oxygens (including phenoxy) is 1. The fourth-order valence-electron chi connectivity index (χ4n) is 5.61. The summed E-state index contributed by atoms with van der Waals surface area (Å²) in [5.41, 5.74) is 6.09. The molecular weight excluding hydrogens is 478 g/mol. The SMILES string of the molecule is C=C1CCC(N2C(=O)c3cccc(OCc4cccc(CN5CCc6ccccc6C5)c4)c3C2=O)C(=O)N1.